The van der Waals surface area contributed by atoms with Crippen molar-refractivity contribution >= 4 is 11.6 Å². The van der Waals surface area contributed by atoms with E-state index < -0.39 is 0 Å². The molecule has 0 saturated carbocycles. The van der Waals surface area contributed by atoms with Crippen molar-refractivity contribution in [2.75, 3.05) is 11.9 Å². The molecule has 0 aliphatic carbocycles. The average molecular weight is 234 g/mol. The number of amides is 1. The van der Waals surface area contributed by atoms with Gasteiger partial charge < -0.3 is 10.6 Å². The monoisotopic (exact) mass is 234 g/mol. The third-order valence-corrected chi connectivity index (χ3v) is 2.84. The summed E-state index contributed by atoms with van der Waals surface area (Å²) in [6, 6.07) is 8.42. The summed E-state index contributed by atoms with van der Waals surface area (Å²) in [5.74, 6) is 0.0407. The maximum Gasteiger partial charge on any atom is 0.239 e. The van der Waals surface area contributed by atoms with Gasteiger partial charge in [-0.25, -0.2) is 0 Å². The molecule has 1 aromatic rings. The number of benzene rings is 1. The van der Waals surface area contributed by atoms with Gasteiger partial charge in [0.15, 0.2) is 0 Å². The van der Waals surface area contributed by atoms with Gasteiger partial charge in [0.2, 0.25) is 5.91 Å². The van der Waals surface area contributed by atoms with E-state index in [-0.39, 0.29) is 11.9 Å². The first-order chi connectivity index (χ1) is 8.15. The van der Waals surface area contributed by atoms with Crippen LogP contribution in [0.4, 0.5) is 5.69 Å². The van der Waals surface area contributed by atoms with Crippen LogP contribution in [0.1, 0.15) is 32.8 Å². The lowest BCUT2D eigenvalue weighted by Gasteiger charge is -2.12. The van der Waals surface area contributed by atoms with Crippen LogP contribution in [0.3, 0.4) is 0 Å². The average Bonchev–Trinajstić information content (AvgIpc) is 2.36. The SMILES string of the molecule is CCc1ccc(NCC(=O)NC(C)CC)cc1. The van der Waals surface area contributed by atoms with Crippen LogP contribution in [-0.2, 0) is 11.2 Å². The van der Waals surface area contributed by atoms with E-state index in [1.165, 1.54) is 5.56 Å². The molecule has 1 aromatic carbocycles. The minimum atomic E-state index is 0.0407. The highest BCUT2D eigenvalue weighted by Gasteiger charge is 2.04. The summed E-state index contributed by atoms with van der Waals surface area (Å²) in [4.78, 5) is 11.5. The third-order valence-electron chi connectivity index (χ3n) is 2.84. The second-order valence-electron chi connectivity index (χ2n) is 4.28. The van der Waals surface area contributed by atoms with Crippen LogP contribution in [0, 0.1) is 0 Å². The summed E-state index contributed by atoms with van der Waals surface area (Å²) in [6.07, 6.45) is 1.99. The Balaban J connectivity index is 2.36. The van der Waals surface area contributed by atoms with E-state index in [0.29, 0.717) is 6.54 Å². The van der Waals surface area contributed by atoms with Crippen molar-refractivity contribution in [3.63, 3.8) is 0 Å². The van der Waals surface area contributed by atoms with Gasteiger partial charge in [-0.1, -0.05) is 26.0 Å². The third kappa shape index (κ3) is 4.89. The van der Waals surface area contributed by atoms with Gasteiger partial charge in [-0.05, 0) is 37.5 Å². The van der Waals surface area contributed by atoms with Crippen molar-refractivity contribution < 1.29 is 4.79 Å². The number of hydrogen-bond donors (Lipinski definition) is 2. The second-order valence-corrected chi connectivity index (χ2v) is 4.28. The Hall–Kier alpha value is -1.51. The van der Waals surface area contributed by atoms with E-state index in [1.54, 1.807) is 0 Å². The molecule has 1 unspecified atom stereocenters. The molecule has 2 N–H and O–H groups in total. The smallest absolute Gasteiger partial charge is 0.239 e. The zero-order chi connectivity index (χ0) is 12.7. The Labute approximate surface area is 104 Å². The van der Waals surface area contributed by atoms with Crippen LogP contribution >= 0.6 is 0 Å². The Bertz CT molecular complexity index is 346. The normalized spacial score (nSPS) is 11.9. The van der Waals surface area contributed by atoms with Gasteiger partial charge >= 0.3 is 0 Å². The number of carbonyl (C=O) groups excluding carboxylic acids is 1. The molecular formula is C14H22N2O. The molecule has 17 heavy (non-hydrogen) atoms. The van der Waals surface area contributed by atoms with Crippen molar-refractivity contribution in [2.24, 2.45) is 0 Å². The van der Waals surface area contributed by atoms with Crippen LogP contribution in [-0.4, -0.2) is 18.5 Å². The van der Waals surface area contributed by atoms with E-state index in [2.05, 4.69) is 36.6 Å². The van der Waals surface area contributed by atoms with Crippen LogP contribution < -0.4 is 10.6 Å². The van der Waals surface area contributed by atoms with Gasteiger partial charge in [0.1, 0.15) is 0 Å². The Morgan fingerprint density at radius 2 is 1.88 bits per heavy atom. The molecule has 0 aliphatic rings. The maximum atomic E-state index is 11.5. The molecule has 0 heterocycles. The first-order valence-corrected chi connectivity index (χ1v) is 6.27. The zero-order valence-electron chi connectivity index (χ0n) is 10.9. The van der Waals surface area contributed by atoms with Crippen molar-refractivity contribution in [3.8, 4) is 0 Å². The summed E-state index contributed by atoms with van der Waals surface area (Å²) in [6.45, 7) is 6.52. The molecule has 94 valence electrons. The summed E-state index contributed by atoms with van der Waals surface area (Å²) in [7, 11) is 0. The van der Waals surface area contributed by atoms with Crippen LogP contribution in [0.15, 0.2) is 24.3 Å². The van der Waals surface area contributed by atoms with Crippen LogP contribution in [0.5, 0.6) is 0 Å². The van der Waals surface area contributed by atoms with Gasteiger partial charge in [-0.2, -0.15) is 0 Å². The van der Waals surface area contributed by atoms with Gasteiger partial charge in [0, 0.05) is 11.7 Å². The lowest BCUT2D eigenvalue weighted by atomic mass is 10.1. The molecule has 1 atom stereocenters. The Kier molecular flexibility index (Phi) is 5.53. The molecule has 0 spiro atoms. The van der Waals surface area contributed by atoms with Gasteiger partial charge in [0.25, 0.3) is 0 Å². The van der Waals surface area contributed by atoms with Crippen molar-refractivity contribution in [1.82, 2.24) is 5.32 Å². The van der Waals surface area contributed by atoms with Crippen LogP contribution in [0.2, 0.25) is 0 Å². The summed E-state index contributed by atoms with van der Waals surface area (Å²) in [5, 5.41) is 6.03. The molecule has 0 aromatic heterocycles. The number of hydrogen-bond acceptors (Lipinski definition) is 2. The predicted molar refractivity (Wildman–Crippen MR) is 72.2 cm³/mol. The largest absolute Gasteiger partial charge is 0.376 e. The maximum absolute atomic E-state index is 11.5. The minimum Gasteiger partial charge on any atom is -0.376 e. The van der Waals surface area contributed by atoms with Crippen LogP contribution in [0.25, 0.3) is 0 Å². The van der Waals surface area contributed by atoms with Gasteiger partial charge in [-0.3, -0.25) is 4.79 Å². The molecule has 0 aliphatic heterocycles. The van der Waals surface area contributed by atoms with E-state index in [0.717, 1.165) is 18.5 Å². The first-order valence-electron chi connectivity index (χ1n) is 6.27. The number of aryl methyl sites for hydroxylation is 1. The highest BCUT2D eigenvalue weighted by molar-refractivity contribution is 5.80. The standard InChI is InChI=1S/C14H22N2O/c1-4-11(3)16-14(17)10-15-13-8-6-12(5-2)7-9-13/h6-9,11,15H,4-5,10H2,1-3H3,(H,16,17). The van der Waals surface area contributed by atoms with Crippen molar-refractivity contribution in [1.29, 1.82) is 0 Å². The molecule has 0 bridgehead atoms. The fraction of sp³-hybridized carbons (Fsp3) is 0.500. The number of carbonyl (C=O) groups is 1. The van der Waals surface area contributed by atoms with Gasteiger partial charge in [0.05, 0.1) is 6.54 Å². The lowest BCUT2D eigenvalue weighted by Crippen LogP contribution is -2.36. The van der Waals surface area contributed by atoms with Gasteiger partial charge in [-0.15, -0.1) is 0 Å². The highest BCUT2D eigenvalue weighted by Crippen LogP contribution is 2.09. The number of nitrogens with one attached hydrogen (secondary N) is 2. The zero-order valence-corrected chi connectivity index (χ0v) is 10.9. The fourth-order valence-corrected chi connectivity index (χ4v) is 1.47. The fourth-order valence-electron chi connectivity index (χ4n) is 1.47. The predicted octanol–water partition coefficient (Wildman–Crippen LogP) is 2.58. The van der Waals surface area contributed by atoms with Crippen molar-refractivity contribution in [2.45, 2.75) is 39.7 Å². The summed E-state index contributed by atoms with van der Waals surface area (Å²) in [5.41, 5.74) is 2.29. The quantitative estimate of drug-likeness (QED) is 0.794. The molecule has 0 saturated heterocycles. The van der Waals surface area contributed by atoms with E-state index in [4.69, 9.17) is 0 Å². The van der Waals surface area contributed by atoms with E-state index in [9.17, 15) is 4.79 Å². The molecule has 1 amide bonds. The molecule has 0 fully saturated rings. The molecular weight excluding hydrogens is 212 g/mol. The Morgan fingerprint density at radius 1 is 1.24 bits per heavy atom. The first kappa shape index (κ1) is 13.6. The lowest BCUT2D eigenvalue weighted by molar-refractivity contribution is -0.120. The summed E-state index contributed by atoms with van der Waals surface area (Å²) < 4.78 is 0. The van der Waals surface area contributed by atoms with Crippen molar-refractivity contribution in [3.05, 3.63) is 29.8 Å². The molecule has 1 rings (SSSR count). The number of anilines is 1. The Morgan fingerprint density at radius 3 is 2.41 bits per heavy atom. The number of rotatable bonds is 6. The highest BCUT2D eigenvalue weighted by atomic mass is 16.1. The minimum absolute atomic E-state index is 0.0407. The summed E-state index contributed by atoms with van der Waals surface area (Å²) >= 11 is 0. The molecule has 3 nitrogen and oxygen atoms in total. The molecule has 0 radical (unpaired) electrons. The molecule has 3 heteroatoms. The van der Waals surface area contributed by atoms with E-state index in [1.807, 2.05) is 19.1 Å². The van der Waals surface area contributed by atoms with E-state index >= 15 is 0 Å². The second kappa shape index (κ2) is 6.94. The topological polar surface area (TPSA) is 41.1 Å².